The fourth-order valence-electron chi connectivity index (χ4n) is 2.50. The molecule has 0 spiro atoms. The van der Waals surface area contributed by atoms with Crippen molar-refractivity contribution in [3.05, 3.63) is 53.2 Å². The molecular weight excluding hydrogens is 362 g/mol. The normalized spacial score (nSPS) is 11.1. The number of phenolic OH excluding ortho intramolecular Hbond substituents is 1. The molecule has 8 nitrogen and oxygen atoms in total. The first kappa shape index (κ1) is 18.9. The Hall–Kier alpha value is -3.86. The number of carbonyl (C=O) groups is 2. The molecule has 28 heavy (non-hydrogen) atoms. The number of hydrogen-bond donors (Lipinski definition) is 2. The van der Waals surface area contributed by atoms with E-state index in [-0.39, 0.29) is 33.8 Å². The van der Waals surface area contributed by atoms with Gasteiger partial charge in [0.1, 0.15) is 11.4 Å². The number of carbonyl (C=O) groups excluding carboxylic acids is 2. The van der Waals surface area contributed by atoms with E-state index in [1.54, 1.807) is 20.8 Å². The van der Waals surface area contributed by atoms with Gasteiger partial charge >= 0.3 is 5.97 Å². The largest absolute Gasteiger partial charge is 0.508 e. The van der Waals surface area contributed by atoms with Crippen LogP contribution < -0.4 is 5.32 Å². The average Bonchev–Trinajstić information content (AvgIpc) is 3.03. The second kappa shape index (κ2) is 7.04. The summed E-state index contributed by atoms with van der Waals surface area (Å²) in [5, 5.41) is 25.3. The molecule has 3 aromatic rings. The number of nitriles is 1. The van der Waals surface area contributed by atoms with Crippen molar-refractivity contribution in [3.63, 3.8) is 0 Å². The maximum atomic E-state index is 12.7. The molecular formula is C20H17N3O5. The number of nitrogens with one attached hydrogen (secondary N) is 1. The van der Waals surface area contributed by atoms with Gasteiger partial charge in [-0.05, 0) is 51.1 Å². The Labute approximate surface area is 160 Å². The van der Waals surface area contributed by atoms with Crippen LogP contribution in [-0.4, -0.2) is 27.7 Å². The molecule has 1 heterocycles. The van der Waals surface area contributed by atoms with Crippen LogP contribution in [0.15, 0.2) is 40.9 Å². The monoisotopic (exact) mass is 379 g/mol. The zero-order valence-corrected chi connectivity index (χ0v) is 15.4. The van der Waals surface area contributed by atoms with E-state index in [1.807, 2.05) is 6.07 Å². The van der Waals surface area contributed by atoms with Crippen LogP contribution in [0.5, 0.6) is 5.75 Å². The summed E-state index contributed by atoms with van der Waals surface area (Å²) in [4.78, 5) is 25.2. The highest BCUT2D eigenvalue weighted by Gasteiger charge is 2.23. The first-order valence-corrected chi connectivity index (χ1v) is 8.35. The van der Waals surface area contributed by atoms with Crippen molar-refractivity contribution in [3.8, 4) is 11.8 Å². The summed E-state index contributed by atoms with van der Waals surface area (Å²) >= 11 is 0. The first-order chi connectivity index (χ1) is 13.2. The highest BCUT2D eigenvalue weighted by molar-refractivity contribution is 6.12. The van der Waals surface area contributed by atoms with Gasteiger partial charge in [0, 0.05) is 6.07 Å². The van der Waals surface area contributed by atoms with Crippen LogP contribution in [0, 0.1) is 11.3 Å². The van der Waals surface area contributed by atoms with Gasteiger partial charge in [0.25, 0.3) is 5.91 Å². The molecule has 0 aliphatic rings. The van der Waals surface area contributed by atoms with Crippen LogP contribution in [0.4, 0.5) is 5.69 Å². The molecule has 8 heteroatoms. The van der Waals surface area contributed by atoms with Crippen LogP contribution in [0.2, 0.25) is 0 Å². The number of aromatic nitrogens is 1. The smallest absolute Gasteiger partial charge is 0.340 e. The molecule has 0 atom stereocenters. The Morgan fingerprint density at radius 1 is 1.21 bits per heavy atom. The van der Waals surface area contributed by atoms with E-state index >= 15 is 0 Å². The van der Waals surface area contributed by atoms with Crippen LogP contribution in [-0.2, 0) is 4.74 Å². The maximum Gasteiger partial charge on any atom is 0.340 e. The number of rotatable bonds is 3. The number of esters is 1. The number of ether oxygens (including phenoxy) is 1. The van der Waals surface area contributed by atoms with Gasteiger partial charge in [0.05, 0.1) is 28.3 Å². The van der Waals surface area contributed by atoms with Gasteiger partial charge in [-0.3, -0.25) is 4.79 Å². The molecule has 0 aliphatic carbocycles. The van der Waals surface area contributed by atoms with E-state index < -0.39 is 17.5 Å². The van der Waals surface area contributed by atoms with E-state index in [4.69, 9.17) is 14.5 Å². The Kier molecular flexibility index (Phi) is 4.76. The molecule has 2 aromatic carbocycles. The number of phenols is 1. The lowest BCUT2D eigenvalue weighted by molar-refractivity contribution is 0.00707. The molecule has 142 valence electrons. The molecule has 0 saturated heterocycles. The topological polar surface area (TPSA) is 125 Å². The van der Waals surface area contributed by atoms with Crippen molar-refractivity contribution in [1.29, 1.82) is 5.26 Å². The highest BCUT2D eigenvalue weighted by atomic mass is 16.6. The Bertz CT molecular complexity index is 1120. The zero-order chi connectivity index (χ0) is 20.5. The molecule has 1 amide bonds. The summed E-state index contributed by atoms with van der Waals surface area (Å²) in [6.45, 7) is 5.15. The summed E-state index contributed by atoms with van der Waals surface area (Å²) in [6.07, 6.45) is 0. The standard InChI is InChI=1S/C20H17N3O5/c1-20(2,3)27-19(26)14-8-11(10-21)4-7-15(14)22-18(25)17-13-6-5-12(24)9-16(13)28-23-17/h4-9,24H,1-3H3,(H,22,25). The Morgan fingerprint density at radius 2 is 1.96 bits per heavy atom. The fraction of sp³-hybridized carbons (Fsp3) is 0.200. The van der Waals surface area contributed by atoms with Gasteiger partial charge in [0.15, 0.2) is 11.3 Å². The third-order valence-corrected chi connectivity index (χ3v) is 3.69. The van der Waals surface area contributed by atoms with Crippen LogP contribution >= 0.6 is 0 Å². The van der Waals surface area contributed by atoms with Crippen LogP contribution in [0.25, 0.3) is 11.0 Å². The number of nitrogens with zero attached hydrogens (tertiary/aromatic N) is 2. The zero-order valence-electron chi connectivity index (χ0n) is 15.4. The van der Waals surface area contributed by atoms with Crippen molar-refractivity contribution in [2.45, 2.75) is 26.4 Å². The summed E-state index contributed by atoms with van der Waals surface area (Å²) in [5.74, 6) is -1.30. The number of aromatic hydroxyl groups is 1. The maximum absolute atomic E-state index is 12.7. The number of hydrogen-bond acceptors (Lipinski definition) is 7. The lowest BCUT2D eigenvalue weighted by Gasteiger charge is -2.20. The van der Waals surface area contributed by atoms with E-state index in [0.717, 1.165) is 0 Å². The second-order valence-electron chi connectivity index (χ2n) is 7.04. The van der Waals surface area contributed by atoms with E-state index in [0.29, 0.717) is 5.39 Å². The number of fused-ring (bicyclic) bond motifs is 1. The molecule has 0 aliphatic heterocycles. The van der Waals surface area contributed by atoms with Crippen molar-refractivity contribution in [2.75, 3.05) is 5.32 Å². The number of anilines is 1. The van der Waals surface area contributed by atoms with Crippen molar-refractivity contribution in [1.82, 2.24) is 5.16 Å². The second-order valence-corrected chi connectivity index (χ2v) is 7.04. The number of benzene rings is 2. The summed E-state index contributed by atoms with van der Waals surface area (Å²) in [5.41, 5.74) is -0.0280. The first-order valence-electron chi connectivity index (χ1n) is 8.35. The minimum atomic E-state index is -0.745. The molecule has 0 saturated carbocycles. The molecule has 0 bridgehead atoms. The van der Waals surface area contributed by atoms with E-state index in [9.17, 15) is 14.7 Å². The van der Waals surface area contributed by atoms with Gasteiger partial charge in [0.2, 0.25) is 0 Å². The van der Waals surface area contributed by atoms with Gasteiger partial charge in [-0.15, -0.1) is 0 Å². The lowest BCUT2D eigenvalue weighted by Crippen LogP contribution is -2.25. The predicted octanol–water partition coefficient (Wildman–Crippen LogP) is 3.61. The van der Waals surface area contributed by atoms with E-state index in [1.165, 1.54) is 36.4 Å². The molecule has 1 aromatic heterocycles. The average molecular weight is 379 g/mol. The molecule has 2 N–H and O–H groups in total. The van der Waals surface area contributed by atoms with Crippen LogP contribution in [0.1, 0.15) is 47.2 Å². The quantitative estimate of drug-likeness (QED) is 0.666. The fourth-order valence-corrected chi connectivity index (χ4v) is 2.50. The minimum absolute atomic E-state index is 0.00509. The van der Waals surface area contributed by atoms with Gasteiger partial charge in [-0.2, -0.15) is 5.26 Å². The van der Waals surface area contributed by atoms with Gasteiger partial charge in [-0.25, -0.2) is 4.79 Å². The Balaban J connectivity index is 1.95. The van der Waals surface area contributed by atoms with Crippen LogP contribution in [0.3, 0.4) is 0 Å². The lowest BCUT2D eigenvalue weighted by atomic mass is 10.1. The van der Waals surface area contributed by atoms with Gasteiger partial charge < -0.3 is 19.7 Å². The molecule has 0 unspecified atom stereocenters. The minimum Gasteiger partial charge on any atom is -0.508 e. The predicted molar refractivity (Wildman–Crippen MR) is 100.0 cm³/mol. The molecule has 0 radical (unpaired) electrons. The molecule has 0 fully saturated rings. The third kappa shape index (κ3) is 3.94. The van der Waals surface area contributed by atoms with Crippen molar-refractivity contribution < 1.29 is 24.0 Å². The Morgan fingerprint density at radius 3 is 2.64 bits per heavy atom. The third-order valence-electron chi connectivity index (χ3n) is 3.69. The molecule has 3 rings (SSSR count). The summed E-state index contributed by atoms with van der Waals surface area (Å²) < 4.78 is 10.4. The van der Waals surface area contributed by atoms with Crippen molar-refractivity contribution in [2.24, 2.45) is 0 Å². The van der Waals surface area contributed by atoms with Crippen molar-refractivity contribution >= 4 is 28.5 Å². The summed E-state index contributed by atoms with van der Waals surface area (Å²) in [6, 6.07) is 10.5. The summed E-state index contributed by atoms with van der Waals surface area (Å²) in [7, 11) is 0. The SMILES string of the molecule is CC(C)(C)OC(=O)c1cc(C#N)ccc1NC(=O)c1noc2cc(O)ccc12. The van der Waals surface area contributed by atoms with E-state index in [2.05, 4.69) is 10.5 Å². The highest BCUT2D eigenvalue weighted by Crippen LogP contribution is 2.25. The number of amides is 1. The van der Waals surface area contributed by atoms with Gasteiger partial charge in [-0.1, -0.05) is 5.16 Å².